The maximum atomic E-state index is 13.3. The summed E-state index contributed by atoms with van der Waals surface area (Å²) in [4.78, 5) is 28.2. The van der Waals surface area contributed by atoms with E-state index in [0.717, 1.165) is 42.4 Å². The molecule has 1 atom stereocenters. The molecule has 0 heterocycles. The largest absolute Gasteiger partial charge is 0.352 e. The molecule has 0 aromatic heterocycles. The number of rotatable bonds is 10. The van der Waals surface area contributed by atoms with Crippen molar-refractivity contribution in [3.05, 3.63) is 71.0 Å². The Hall–Kier alpha value is -2.34. The Morgan fingerprint density at radius 2 is 1.81 bits per heavy atom. The van der Waals surface area contributed by atoms with Gasteiger partial charge in [0.05, 0.1) is 5.75 Å². The maximum Gasteiger partial charge on any atom is 0.243 e. The maximum absolute atomic E-state index is 13.3. The highest BCUT2D eigenvalue weighted by molar-refractivity contribution is 7.99. The summed E-state index contributed by atoms with van der Waals surface area (Å²) in [6, 6.07) is 14.1. The molecule has 1 N–H and O–H groups in total. The van der Waals surface area contributed by atoms with Crippen LogP contribution in [0.2, 0.25) is 0 Å². The van der Waals surface area contributed by atoms with E-state index in [1.165, 1.54) is 23.9 Å². The van der Waals surface area contributed by atoms with E-state index in [9.17, 15) is 14.0 Å². The number of hydrogen-bond acceptors (Lipinski definition) is 3. The number of aryl methyl sites for hydroxylation is 1. The lowest BCUT2D eigenvalue weighted by Gasteiger charge is -2.32. The predicted octanol–water partition coefficient (Wildman–Crippen LogP) is 5.23. The van der Waals surface area contributed by atoms with Gasteiger partial charge in [-0.25, -0.2) is 4.39 Å². The Labute approximate surface area is 195 Å². The van der Waals surface area contributed by atoms with E-state index in [1.807, 2.05) is 38.1 Å². The zero-order chi connectivity index (χ0) is 22.9. The number of benzene rings is 2. The zero-order valence-electron chi connectivity index (χ0n) is 19.0. The van der Waals surface area contributed by atoms with E-state index in [-0.39, 0.29) is 29.4 Å². The van der Waals surface area contributed by atoms with E-state index in [0.29, 0.717) is 18.7 Å². The molecule has 0 radical (unpaired) electrons. The van der Waals surface area contributed by atoms with Crippen LogP contribution in [0.5, 0.6) is 0 Å². The highest BCUT2D eigenvalue weighted by atomic mass is 32.2. The fourth-order valence-corrected chi connectivity index (χ4v) is 5.05. The summed E-state index contributed by atoms with van der Waals surface area (Å²) >= 11 is 1.49. The number of nitrogens with one attached hydrogen (secondary N) is 1. The second-order valence-electron chi connectivity index (χ2n) is 8.48. The van der Waals surface area contributed by atoms with Gasteiger partial charge in [0.15, 0.2) is 0 Å². The van der Waals surface area contributed by atoms with E-state index in [2.05, 4.69) is 5.32 Å². The molecule has 2 amide bonds. The number of nitrogens with zero attached hydrogens (tertiary/aromatic N) is 1. The average molecular weight is 457 g/mol. The number of amides is 2. The van der Waals surface area contributed by atoms with Crippen molar-refractivity contribution in [2.24, 2.45) is 0 Å². The molecule has 3 rings (SSSR count). The number of carbonyl (C=O) groups excluding carboxylic acids is 2. The van der Waals surface area contributed by atoms with Crippen molar-refractivity contribution in [3.63, 3.8) is 0 Å². The number of hydrogen-bond donors (Lipinski definition) is 1. The van der Waals surface area contributed by atoms with Gasteiger partial charge < -0.3 is 10.2 Å². The van der Waals surface area contributed by atoms with Gasteiger partial charge in [0, 0.05) is 18.3 Å². The van der Waals surface area contributed by atoms with Crippen molar-refractivity contribution in [1.82, 2.24) is 10.2 Å². The van der Waals surface area contributed by atoms with Crippen LogP contribution in [-0.2, 0) is 21.9 Å². The second kappa shape index (κ2) is 12.0. The molecule has 0 aliphatic heterocycles. The molecule has 0 spiro atoms. The third kappa shape index (κ3) is 6.83. The van der Waals surface area contributed by atoms with Crippen LogP contribution in [0.3, 0.4) is 0 Å². The summed E-state index contributed by atoms with van der Waals surface area (Å²) in [5, 5.41) is 3.18. The Morgan fingerprint density at radius 3 is 2.47 bits per heavy atom. The Balaban J connectivity index is 1.70. The first kappa shape index (κ1) is 24.3. The summed E-state index contributed by atoms with van der Waals surface area (Å²) < 4.78 is 13.1. The van der Waals surface area contributed by atoms with E-state index < -0.39 is 6.04 Å². The van der Waals surface area contributed by atoms with Crippen molar-refractivity contribution in [2.45, 2.75) is 70.3 Å². The molecule has 0 unspecified atom stereocenters. The molecule has 1 fully saturated rings. The summed E-state index contributed by atoms with van der Waals surface area (Å²) in [5.41, 5.74) is 3.13. The highest BCUT2D eigenvalue weighted by Gasteiger charge is 2.30. The molecule has 1 aliphatic rings. The van der Waals surface area contributed by atoms with Crippen LogP contribution in [0, 0.1) is 12.7 Å². The van der Waals surface area contributed by atoms with Gasteiger partial charge in [-0.2, -0.15) is 0 Å². The normalized spacial score (nSPS) is 14.8. The average Bonchev–Trinajstić information content (AvgIpc) is 3.29. The zero-order valence-corrected chi connectivity index (χ0v) is 19.8. The first-order valence-electron chi connectivity index (χ1n) is 11.4. The minimum atomic E-state index is -0.492. The van der Waals surface area contributed by atoms with E-state index in [1.54, 1.807) is 17.0 Å². The molecule has 32 heavy (non-hydrogen) atoms. The topological polar surface area (TPSA) is 49.4 Å². The van der Waals surface area contributed by atoms with E-state index in [4.69, 9.17) is 0 Å². The fourth-order valence-electron chi connectivity index (χ4n) is 4.18. The van der Waals surface area contributed by atoms with Crippen molar-refractivity contribution < 1.29 is 14.0 Å². The number of halogens is 1. The molecule has 0 saturated heterocycles. The summed E-state index contributed by atoms with van der Waals surface area (Å²) in [5.74, 6) is 0.531. The van der Waals surface area contributed by atoms with Crippen LogP contribution < -0.4 is 5.32 Å². The van der Waals surface area contributed by atoms with E-state index >= 15 is 0 Å². The Bertz CT molecular complexity index is 897. The molecular weight excluding hydrogens is 423 g/mol. The van der Waals surface area contributed by atoms with Crippen LogP contribution >= 0.6 is 11.8 Å². The van der Waals surface area contributed by atoms with Crippen molar-refractivity contribution in [3.8, 4) is 0 Å². The van der Waals surface area contributed by atoms with Gasteiger partial charge in [-0.1, -0.05) is 56.2 Å². The minimum absolute atomic E-state index is 0.0474. The third-order valence-corrected chi connectivity index (χ3v) is 7.09. The van der Waals surface area contributed by atoms with Gasteiger partial charge in [0.1, 0.15) is 11.9 Å². The standard InChI is InChI=1S/C26H33FN2O2S/c1-3-24(26(31)28-23-10-6-7-11-23)29(16-21-9-5-4-8-19(21)2)25(30)18-32-17-20-12-14-22(27)15-13-20/h4-5,8-9,12-15,23-24H,3,6-7,10-11,16-18H2,1-2H3,(H,28,31)/t24-/m1/s1. The monoisotopic (exact) mass is 456 g/mol. The van der Waals surface area contributed by atoms with Crippen LogP contribution in [0.4, 0.5) is 4.39 Å². The molecule has 2 aromatic rings. The summed E-state index contributed by atoms with van der Waals surface area (Å²) in [6.07, 6.45) is 4.89. The summed E-state index contributed by atoms with van der Waals surface area (Å²) in [6.45, 7) is 4.41. The summed E-state index contributed by atoms with van der Waals surface area (Å²) in [7, 11) is 0. The first-order chi connectivity index (χ1) is 15.5. The predicted molar refractivity (Wildman–Crippen MR) is 129 cm³/mol. The number of carbonyl (C=O) groups is 2. The molecule has 6 heteroatoms. The van der Waals surface area contributed by atoms with Crippen molar-refractivity contribution >= 4 is 23.6 Å². The quantitative estimate of drug-likeness (QED) is 0.532. The van der Waals surface area contributed by atoms with Gasteiger partial charge in [-0.05, 0) is 55.0 Å². The fraction of sp³-hybridized carbons (Fsp3) is 0.462. The lowest BCUT2D eigenvalue weighted by Crippen LogP contribution is -2.51. The van der Waals surface area contributed by atoms with Gasteiger partial charge in [-0.15, -0.1) is 11.8 Å². The highest BCUT2D eigenvalue weighted by Crippen LogP contribution is 2.21. The molecular formula is C26H33FN2O2S. The molecule has 172 valence electrons. The van der Waals surface area contributed by atoms with Gasteiger partial charge in [0.2, 0.25) is 11.8 Å². The first-order valence-corrected chi connectivity index (χ1v) is 12.6. The van der Waals surface area contributed by atoms with Crippen LogP contribution in [0.25, 0.3) is 0 Å². The molecule has 4 nitrogen and oxygen atoms in total. The SMILES string of the molecule is CC[C@H](C(=O)NC1CCCC1)N(Cc1ccccc1C)C(=O)CSCc1ccc(F)cc1. The van der Waals surface area contributed by atoms with Gasteiger partial charge >= 0.3 is 0 Å². The van der Waals surface area contributed by atoms with Crippen LogP contribution in [-0.4, -0.2) is 34.6 Å². The molecule has 1 aliphatic carbocycles. The Kier molecular flexibility index (Phi) is 9.15. The lowest BCUT2D eigenvalue weighted by atomic mass is 10.1. The van der Waals surface area contributed by atoms with Gasteiger partial charge in [-0.3, -0.25) is 9.59 Å². The molecule has 1 saturated carbocycles. The van der Waals surface area contributed by atoms with Crippen molar-refractivity contribution in [1.29, 1.82) is 0 Å². The molecule has 2 aromatic carbocycles. The van der Waals surface area contributed by atoms with Crippen molar-refractivity contribution in [2.75, 3.05) is 5.75 Å². The second-order valence-corrected chi connectivity index (χ2v) is 9.47. The molecule has 0 bridgehead atoms. The minimum Gasteiger partial charge on any atom is -0.352 e. The third-order valence-electron chi connectivity index (χ3n) is 6.10. The van der Waals surface area contributed by atoms with Crippen LogP contribution in [0.1, 0.15) is 55.7 Å². The Morgan fingerprint density at radius 1 is 1.12 bits per heavy atom. The van der Waals surface area contributed by atoms with Crippen LogP contribution in [0.15, 0.2) is 48.5 Å². The smallest absolute Gasteiger partial charge is 0.243 e. The number of thioether (sulfide) groups is 1. The van der Waals surface area contributed by atoms with Gasteiger partial charge in [0.25, 0.3) is 0 Å². The lowest BCUT2D eigenvalue weighted by molar-refractivity contribution is -0.139.